The van der Waals surface area contributed by atoms with E-state index < -0.39 is 0 Å². The van der Waals surface area contributed by atoms with Crippen LogP contribution in [0.2, 0.25) is 0 Å². The van der Waals surface area contributed by atoms with Gasteiger partial charge in [-0.2, -0.15) is 0 Å². The van der Waals surface area contributed by atoms with Crippen molar-refractivity contribution in [3.63, 3.8) is 0 Å². The number of carbonyl (C=O) groups is 2. The van der Waals surface area contributed by atoms with E-state index in [0.29, 0.717) is 11.6 Å². The van der Waals surface area contributed by atoms with Gasteiger partial charge in [0.15, 0.2) is 0 Å². The third-order valence-corrected chi connectivity index (χ3v) is 9.81. The summed E-state index contributed by atoms with van der Waals surface area (Å²) < 4.78 is 0. The average Bonchev–Trinajstić information content (AvgIpc) is 3.60. The number of carbonyl (C=O) groups excluding carboxylic acids is 2. The molecule has 2 unspecified atom stereocenters. The Balaban J connectivity index is 1.06. The Bertz CT molecular complexity index is 1330. The van der Waals surface area contributed by atoms with Crippen LogP contribution in [0.4, 0.5) is 5.69 Å². The van der Waals surface area contributed by atoms with Crippen molar-refractivity contribution in [2.75, 3.05) is 5.32 Å². The molecule has 1 aromatic heterocycles. The summed E-state index contributed by atoms with van der Waals surface area (Å²) in [6, 6.07) is 13.9. The summed E-state index contributed by atoms with van der Waals surface area (Å²) >= 11 is 0. The Kier molecular flexibility index (Phi) is 5.60. The van der Waals surface area contributed by atoms with E-state index in [1.54, 1.807) is 0 Å². The number of benzene rings is 2. The second-order valence-corrected chi connectivity index (χ2v) is 12.2. The summed E-state index contributed by atoms with van der Waals surface area (Å²) in [5.41, 5.74) is 4.03. The van der Waals surface area contributed by atoms with Crippen LogP contribution in [0.1, 0.15) is 81.0 Å². The molecule has 6 heteroatoms. The van der Waals surface area contributed by atoms with Gasteiger partial charge in [0.2, 0.25) is 5.91 Å². The first-order chi connectivity index (χ1) is 18.0. The molecule has 4 fully saturated rings. The van der Waals surface area contributed by atoms with E-state index in [9.17, 15) is 9.59 Å². The molecule has 2 aromatic carbocycles. The first kappa shape index (κ1) is 23.0. The van der Waals surface area contributed by atoms with Crippen molar-refractivity contribution in [2.45, 2.75) is 76.7 Å². The second kappa shape index (κ2) is 9.00. The highest BCUT2D eigenvalue weighted by Crippen LogP contribution is 2.60. The summed E-state index contributed by atoms with van der Waals surface area (Å²) in [5, 5.41) is 6.42. The highest BCUT2D eigenvalue weighted by molar-refractivity contribution is 5.97. The predicted octanol–water partition coefficient (Wildman–Crippen LogP) is 6.45. The molecule has 3 N–H and O–H groups in total. The van der Waals surface area contributed by atoms with Gasteiger partial charge in [-0.1, -0.05) is 44.2 Å². The van der Waals surface area contributed by atoms with Crippen molar-refractivity contribution in [2.24, 2.45) is 23.2 Å². The number of nitrogens with zero attached hydrogens (tertiary/aromatic N) is 1. The molecular formula is C31H36N4O2. The molecule has 4 aliphatic rings. The number of hydrogen-bond acceptors (Lipinski definition) is 3. The highest BCUT2D eigenvalue weighted by Gasteiger charge is 2.55. The van der Waals surface area contributed by atoms with Crippen LogP contribution < -0.4 is 10.6 Å². The molecule has 1 heterocycles. The van der Waals surface area contributed by atoms with Crippen molar-refractivity contribution in [1.29, 1.82) is 0 Å². The molecule has 2 amide bonds. The second-order valence-electron chi connectivity index (χ2n) is 12.2. The van der Waals surface area contributed by atoms with Crippen molar-refractivity contribution in [3.8, 4) is 11.4 Å². The first-order valence-corrected chi connectivity index (χ1v) is 14.3. The lowest BCUT2D eigenvalue weighted by atomic mass is 9.69. The van der Waals surface area contributed by atoms with Gasteiger partial charge >= 0.3 is 0 Å². The Morgan fingerprint density at radius 2 is 1.70 bits per heavy atom. The standard InChI is InChI=1S/C31H36N4O2/c36-29(32-24-6-1-2-7-24)21-10-8-20(9-11-21)28-34-26-13-12-25(15-27(26)35-28)33-30(37)31-16-19-4-3-5-22(17-31)23(14-19)18-31/h8-13,15,19,22-24H,1-7,14,16-18H2,(H,32,36)(H,33,37)(H,34,35)/t19-,22-,23?,31?/m0/s1. The van der Waals surface area contributed by atoms with Crippen molar-refractivity contribution in [3.05, 3.63) is 48.0 Å². The van der Waals surface area contributed by atoms with Crippen LogP contribution in [-0.4, -0.2) is 27.8 Å². The topological polar surface area (TPSA) is 86.9 Å². The van der Waals surface area contributed by atoms with Crippen LogP contribution in [0.3, 0.4) is 0 Å². The van der Waals surface area contributed by atoms with Crippen LogP contribution in [0.15, 0.2) is 42.5 Å². The van der Waals surface area contributed by atoms with Crippen LogP contribution in [0, 0.1) is 23.2 Å². The number of nitrogens with one attached hydrogen (secondary N) is 3. The SMILES string of the molecule is O=C(NC1CCCC1)c1ccc(-c2nc3cc(NC(=O)C45CC6C[C@H](CCC[C@H]6C4)C5)ccc3[nH]2)cc1. The van der Waals surface area contributed by atoms with Crippen LogP contribution in [-0.2, 0) is 4.79 Å². The highest BCUT2D eigenvalue weighted by atomic mass is 16.2. The minimum absolute atomic E-state index is 0.00177. The average molecular weight is 497 g/mol. The van der Waals surface area contributed by atoms with Gasteiger partial charge in [0.1, 0.15) is 5.82 Å². The minimum Gasteiger partial charge on any atom is -0.349 e. The van der Waals surface area contributed by atoms with Crippen molar-refractivity contribution < 1.29 is 9.59 Å². The molecule has 3 bridgehead atoms. The molecule has 0 aliphatic heterocycles. The van der Waals surface area contributed by atoms with E-state index in [-0.39, 0.29) is 17.2 Å². The molecule has 4 aliphatic carbocycles. The predicted molar refractivity (Wildman–Crippen MR) is 145 cm³/mol. The Hall–Kier alpha value is -3.15. The number of fused-ring (bicyclic) bond motifs is 3. The lowest BCUT2D eigenvalue weighted by Gasteiger charge is -2.36. The molecule has 4 saturated carbocycles. The Labute approximate surface area is 218 Å². The summed E-state index contributed by atoms with van der Waals surface area (Å²) in [6.45, 7) is 0. The maximum Gasteiger partial charge on any atom is 0.251 e. The fraction of sp³-hybridized carbons (Fsp3) is 0.516. The number of rotatable bonds is 5. The zero-order valence-electron chi connectivity index (χ0n) is 21.4. The number of aromatic nitrogens is 2. The summed E-state index contributed by atoms with van der Waals surface area (Å²) in [6.07, 6.45) is 13.1. The molecule has 0 radical (unpaired) electrons. The smallest absolute Gasteiger partial charge is 0.251 e. The lowest BCUT2D eigenvalue weighted by molar-refractivity contribution is -0.127. The third-order valence-electron chi connectivity index (χ3n) is 9.81. The molecular weight excluding hydrogens is 460 g/mol. The van der Waals surface area contributed by atoms with Crippen LogP contribution >= 0.6 is 0 Å². The third kappa shape index (κ3) is 4.24. The molecule has 4 atom stereocenters. The molecule has 37 heavy (non-hydrogen) atoms. The van der Waals surface area contributed by atoms with Gasteiger partial charge < -0.3 is 15.6 Å². The number of aromatic amines is 1. The first-order valence-electron chi connectivity index (χ1n) is 14.3. The van der Waals surface area contributed by atoms with Crippen molar-refractivity contribution >= 4 is 28.5 Å². The zero-order valence-corrected chi connectivity index (χ0v) is 21.4. The largest absolute Gasteiger partial charge is 0.349 e. The quantitative estimate of drug-likeness (QED) is 0.379. The van der Waals surface area contributed by atoms with E-state index in [1.165, 1.54) is 38.5 Å². The minimum atomic E-state index is -0.170. The van der Waals surface area contributed by atoms with Crippen LogP contribution in [0.25, 0.3) is 22.4 Å². The summed E-state index contributed by atoms with van der Waals surface area (Å²) in [5.74, 6) is 3.21. The number of H-pyrrole nitrogens is 1. The molecule has 3 aromatic rings. The monoisotopic (exact) mass is 496 g/mol. The molecule has 6 nitrogen and oxygen atoms in total. The number of hydrogen-bond donors (Lipinski definition) is 3. The number of imidazole rings is 1. The van der Waals surface area contributed by atoms with E-state index in [1.807, 2.05) is 42.5 Å². The van der Waals surface area contributed by atoms with Crippen molar-refractivity contribution in [1.82, 2.24) is 15.3 Å². The van der Waals surface area contributed by atoms with Gasteiger partial charge in [-0.25, -0.2) is 4.98 Å². The van der Waals surface area contributed by atoms with Gasteiger partial charge in [-0.15, -0.1) is 0 Å². The van der Waals surface area contributed by atoms with E-state index >= 15 is 0 Å². The Morgan fingerprint density at radius 3 is 2.54 bits per heavy atom. The lowest BCUT2D eigenvalue weighted by Crippen LogP contribution is -2.38. The van der Waals surface area contributed by atoms with E-state index in [2.05, 4.69) is 15.6 Å². The fourth-order valence-electron chi connectivity index (χ4n) is 8.03. The normalized spacial score (nSPS) is 28.9. The van der Waals surface area contributed by atoms with Gasteiger partial charge in [0, 0.05) is 22.9 Å². The summed E-state index contributed by atoms with van der Waals surface area (Å²) in [7, 11) is 0. The molecule has 0 saturated heterocycles. The van der Waals surface area contributed by atoms with Gasteiger partial charge in [0.05, 0.1) is 16.4 Å². The van der Waals surface area contributed by atoms with E-state index in [0.717, 1.165) is 78.0 Å². The molecule has 192 valence electrons. The molecule has 7 rings (SSSR count). The van der Waals surface area contributed by atoms with Gasteiger partial charge in [-0.05, 0) is 86.6 Å². The number of amides is 2. The van der Waals surface area contributed by atoms with Gasteiger partial charge in [0.25, 0.3) is 5.91 Å². The Morgan fingerprint density at radius 1 is 0.892 bits per heavy atom. The maximum atomic E-state index is 13.6. The fourth-order valence-corrected chi connectivity index (χ4v) is 8.03. The summed E-state index contributed by atoms with van der Waals surface area (Å²) in [4.78, 5) is 34.3. The molecule has 0 spiro atoms. The van der Waals surface area contributed by atoms with E-state index in [4.69, 9.17) is 4.98 Å². The van der Waals surface area contributed by atoms with Crippen LogP contribution in [0.5, 0.6) is 0 Å². The maximum absolute atomic E-state index is 13.6. The zero-order chi connectivity index (χ0) is 25.0. The number of anilines is 1. The van der Waals surface area contributed by atoms with Gasteiger partial charge in [-0.3, -0.25) is 9.59 Å².